The van der Waals surface area contributed by atoms with Gasteiger partial charge in [0.1, 0.15) is 11.6 Å². The van der Waals surface area contributed by atoms with Gasteiger partial charge in [-0.25, -0.2) is 4.98 Å². The van der Waals surface area contributed by atoms with E-state index in [9.17, 15) is 5.11 Å². The maximum Gasteiger partial charge on any atom is 0.217 e. The molecule has 1 N–H and O–H groups in total. The number of ether oxygens (including phenoxy) is 1. The predicted octanol–water partition coefficient (Wildman–Crippen LogP) is 13.5. The van der Waals surface area contributed by atoms with E-state index in [4.69, 9.17) is 9.72 Å². The number of pyridine rings is 1. The van der Waals surface area contributed by atoms with Gasteiger partial charge in [0.05, 0.1) is 11.3 Å². The molecule has 0 fully saturated rings. The van der Waals surface area contributed by atoms with Crippen molar-refractivity contribution in [2.45, 2.75) is 52.4 Å². The summed E-state index contributed by atoms with van der Waals surface area (Å²) in [4.78, 5) is 10.1. The Labute approximate surface area is 356 Å². The second kappa shape index (κ2) is 16.4. The molecular weight excluding hydrogens is 894 g/mol. The summed E-state index contributed by atoms with van der Waals surface area (Å²) in [6, 6.07) is 56.9. The number of aromatic hydroxyl groups is 1. The third-order valence-corrected chi connectivity index (χ3v) is 10.3. The van der Waals surface area contributed by atoms with E-state index >= 15 is 0 Å². The van der Waals surface area contributed by atoms with Gasteiger partial charge in [0.25, 0.3) is 0 Å². The number of rotatable bonds is 8. The molecule has 0 saturated heterocycles. The van der Waals surface area contributed by atoms with E-state index in [1.807, 2.05) is 72.8 Å². The SMILES string of the molecule is CC(C)(C)c1cc(-c2nc(-c3[c-]c(Oc4cc(-c5ccccc5)ccn4)ccc3)c(-c3ccccc3)n2-c2ccccc2-c2ccccc2)c(O)c(C(C)(C)C)c1.[Pt]. The quantitative estimate of drug-likeness (QED) is 0.154. The third kappa shape index (κ3) is 8.19. The predicted molar refractivity (Wildman–Crippen MR) is 233 cm³/mol. The van der Waals surface area contributed by atoms with Gasteiger partial charge < -0.3 is 14.4 Å². The molecule has 2 heterocycles. The zero-order valence-corrected chi connectivity index (χ0v) is 35.9. The smallest absolute Gasteiger partial charge is 0.217 e. The van der Waals surface area contributed by atoms with Crippen LogP contribution in [0, 0.1) is 6.07 Å². The molecule has 6 aromatic carbocycles. The number of imidazole rings is 1. The molecule has 0 spiro atoms. The number of benzene rings is 6. The van der Waals surface area contributed by atoms with Gasteiger partial charge in [0.15, 0.2) is 0 Å². The average molecular weight is 940 g/mol. The van der Waals surface area contributed by atoms with Gasteiger partial charge in [-0.05, 0) is 56.8 Å². The van der Waals surface area contributed by atoms with Gasteiger partial charge in [-0.15, -0.1) is 23.8 Å². The standard InChI is InChI=1S/C52H46N3O2.Pt/c1-51(2,3)40-33-43(49(56)44(34-40)52(4,5)6)50-54-47(39-25-18-26-41(31-39)57-46-32-38(29-30-53-46)35-19-10-7-11-20-35)48(37-23-14-9-15-24-37)55(50)45-28-17-16-27-42(45)36-21-12-8-13-22-36;/h7-30,32-34,56H,1-6H3;/q-1;. The third-order valence-electron chi connectivity index (χ3n) is 10.3. The molecule has 0 aliphatic heterocycles. The Kier molecular flexibility index (Phi) is 11.4. The molecule has 292 valence electrons. The van der Waals surface area contributed by atoms with Crippen LogP contribution in [0.25, 0.3) is 61.8 Å². The van der Waals surface area contributed by atoms with Crippen LogP contribution in [0.5, 0.6) is 17.4 Å². The molecule has 0 bridgehead atoms. The summed E-state index contributed by atoms with van der Waals surface area (Å²) >= 11 is 0. The number of phenolic OH excluding ortho intramolecular Hbond substituents is 1. The fourth-order valence-corrected chi connectivity index (χ4v) is 7.26. The molecular formula is C52H46N3O2Pt-. The van der Waals surface area contributed by atoms with E-state index in [1.165, 1.54) is 0 Å². The van der Waals surface area contributed by atoms with Crippen LogP contribution in [0.3, 0.4) is 0 Å². The summed E-state index contributed by atoms with van der Waals surface area (Å²) in [7, 11) is 0. The normalized spacial score (nSPS) is 11.6. The van der Waals surface area contributed by atoms with E-state index in [0.29, 0.717) is 28.7 Å². The van der Waals surface area contributed by atoms with Crippen molar-refractivity contribution in [1.82, 2.24) is 14.5 Å². The van der Waals surface area contributed by atoms with E-state index in [1.54, 1.807) is 6.20 Å². The Morgan fingerprint density at radius 3 is 1.86 bits per heavy atom. The first-order valence-corrected chi connectivity index (χ1v) is 19.4. The maximum atomic E-state index is 12.4. The maximum absolute atomic E-state index is 12.4. The molecule has 2 aromatic heterocycles. The van der Waals surface area contributed by atoms with Crippen molar-refractivity contribution in [3.8, 4) is 79.2 Å². The monoisotopic (exact) mass is 939 g/mol. The Balaban J connectivity index is 0.00000512. The van der Waals surface area contributed by atoms with E-state index < -0.39 is 0 Å². The number of para-hydroxylation sites is 1. The number of aromatic nitrogens is 3. The minimum Gasteiger partial charge on any atom is -0.507 e. The second-order valence-electron chi connectivity index (χ2n) is 16.4. The summed E-state index contributed by atoms with van der Waals surface area (Å²) in [6.07, 6.45) is 1.76. The zero-order valence-electron chi connectivity index (χ0n) is 33.6. The summed E-state index contributed by atoms with van der Waals surface area (Å²) in [5, 5.41) is 12.4. The van der Waals surface area contributed by atoms with Crippen molar-refractivity contribution in [3.63, 3.8) is 0 Å². The van der Waals surface area contributed by atoms with Gasteiger partial charge in [0, 0.05) is 61.6 Å². The number of hydrogen-bond acceptors (Lipinski definition) is 4. The molecule has 0 unspecified atom stereocenters. The molecule has 0 aliphatic rings. The summed E-state index contributed by atoms with van der Waals surface area (Å²) in [5.41, 5.74) is 10.5. The topological polar surface area (TPSA) is 60.2 Å². The molecule has 0 aliphatic carbocycles. The molecule has 0 atom stereocenters. The Bertz CT molecular complexity index is 2680. The van der Waals surface area contributed by atoms with Crippen molar-refractivity contribution in [1.29, 1.82) is 0 Å². The minimum absolute atomic E-state index is 0. The van der Waals surface area contributed by atoms with Crippen molar-refractivity contribution in [2.24, 2.45) is 0 Å². The van der Waals surface area contributed by atoms with Crippen LogP contribution in [0.1, 0.15) is 52.7 Å². The van der Waals surface area contributed by atoms with Crippen molar-refractivity contribution >= 4 is 0 Å². The number of nitrogens with zero attached hydrogens (tertiary/aromatic N) is 3. The van der Waals surface area contributed by atoms with E-state index in [-0.39, 0.29) is 37.6 Å². The van der Waals surface area contributed by atoms with Gasteiger partial charge >= 0.3 is 0 Å². The Morgan fingerprint density at radius 2 is 1.21 bits per heavy atom. The number of hydrogen-bond donors (Lipinski definition) is 1. The van der Waals surface area contributed by atoms with Crippen LogP contribution in [0.15, 0.2) is 164 Å². The second-order valence-corrected chi connectivity index (χ2v) is 16.4. The zero-order chi connectivity index (χ0) is 39.7. The van der Waals surface area contributed by atoms with Gasteiger partial charge in [-0.2, -0.15) is 0 Å². The first kappa shape index (κ1) is 40.2. The first-order chi connectivity index (χ1) is 27.5. The van der Waals surface area contributed by atoms with Gasteiger partial charge in [-0.1, -0.05) is 163 Å². The van der Waals surface area contributed by atoms with Gasteiger partial charge in [0.2, 0.25) is 5.88 Å². The molecule has 0 saturated carbocycles. The summed E-state index contributed by atoms with van der Waals surface area (Å²) in [6.45, 7) is 13.0. The average Bonchev–Trinajstić information content (AvgIpc) is 3.62. The summed E-state index contributed by atoms with van der Waals surface area (Å²) < 4.78 is 8.63. The number of phenols is 1. The molecule has 8 rings (SSSR count). The van der Waals surface area contributed by atoms with Crippen LogP contribution >= 0.6 is 0 Å². The Morgan fingerprint density at radius 1 is 0.586 bits per heavy atom. The van der Waals surface area contributed by atoms with Crippen LogP contribution in [-0.2, 0) is 31.9 Å². The molecule has 0 radical (unpaired) electrons. The van der Waals surface area contributed by atoms with Crippen LogP contribution in [-0.4, -0.2) is 19.6 Å². The largest absolute Gasteiger partial charge is 0.507 e. The molecule has 0 amide bonds. The minimum atomic E-state index is -0.337. The van der Waals surface area contributed by atoms with Crippen LogP contribution in [0.4, 0.5) is 0 Å². The van der Waals surface area contributed by atoms with Crippen molar-refractivity contribution < 1.29 is 30.9 Å². The van der Waals surface area contributed by atoms with Crippen molar-refractivity contribution in [2.75, 3.05) is 0 Å². The summed E-state index contributed by atoms with van der Waals surface area (Å²) in [5.74, 6) is 1.82. The molecule has 6 heteroatoms. The van der Waals surface area contributed by atoms with Crippen molar-refractivity contribution in [3.05, 3.63) is 181 Å². The van der Waals surface area contributed by atoms with Crippen LogP contribution < -0.4 is 4.74 Å². The Hall–Kier alpha value is -6.03. The fraction of sp³-hybridized carbons (Fsp3) is 0.154. The fourth-order valence-electron chi connectivity index (χ4n) is 7.26. The van der Waals surface area contributed by atoms with Crippen LogP contribution in [0.2, 0.25) is 0 Å². The molecule has 8 aromatic rings. The molecule has 5 nitrogen and oxygen atoms in total. The van der Waals surface area contributed by atoms with E-state index in [0.717, 1.165) is 55.9 Å². The first-order valence-electron chi connectivity index (χ1n) is 19.4. The van der Waals surface area contributed by atoms with E-state index in [2.05, 4.69) is 142 Å². The van der Waals surface area contributed by atoms with Gasteiger partial charge in [-0.3, -0.25) is 4.98 Å². The molecule has 58 heavy (non-hydrogen) atoms.